The van der Waals surface area contributed by atoms with Crippen molar-refractivity contribution in [2.24, 2.45) is 11.3 Å². The lowest BCUT2D eigenvalue weighted by molar-refractivity contribution is -0.136. The van der Waals surface area contributed by atoms with E-state index in [0.717, 1.165) is 58.0 Å². The largest absolute Gasteiger partial charge is 0.335 e. The maximum absolute atomic E-state index is 14.1. The monoisotopic (exact) mass is 348 g/mol. The molecule has 136 valence electrons. The van der Waals surface area contributed by atoms with Crippen LogP contribution in [0.3, 0.4) is 0 Å². The molecular formula is C20H26F2N2O. The Morgan fingerprint density at radius 2 is 1.80 bits per heavy atom. The van der Waals surface area contributed by atoms with Crippen LogP contribution in [0.5, 0.6) is 0 Å². The number of rotatable bonds is 4. The van der Waals surface area contributed by atoms with Gasteiger partial charge in [0.25, 0.3) is 0 Å². The molecule has 1 spiro atoms. The predicted molar refractivity (Wildman–Crippen MR) is 91.8 cm³/mol. The first kappa shape index (κ1) is 17.0. The number of nitrogens with zero attached hydrogens (tertiary/aromatic N) is 1. The molecular weight excluding hydrogens is 322 g/mol. The van der Waals surface area contributed by atoms with Crippen LogP contribution in [0, 0.1) is 23.0 Å². The molecule has 1 amide bonds. The fraction of sp³-hybridized carbons (Fsp3) is 0.650. The molecule has 5 heteroatoms. The van der Waals surface area contributed by atoms with Gasteiger partial charge in [-0.15, -0.1) is 0 Å². The minimum atomic E-state index is -0.553. The molecule has 1 aromatic carbocycles. The highest BCUT2D eigenvalue weighted by Crippen LogP contribution is 2.59. The summed E-state index contributed by atoms with van der Waals surface area (Å²) in [6.07, 6.45) is 7.09. The molecule has 1 atom stereocenters. The minimum absolute atomic E-state index is 0.0303. The maximum Gasteiger partial charge on any atom is 0.226 e. The first-order chi connectivity index (χ1) is 12.1. The summed E-state index contributed by atoms with van der Waals surface area (Å²) in [6, 6.07) is 4.06. The zero-order chi connectivity index (χ0) is 17.4. The predicted octanol–water partition coefficient (Wildman–Crippen LogP) is 3.63. The van der Waals surface area contributed by atoms with Gasteiger partial charge in [-0.05, 0) is 62.7 Å². The number of benzene rings is 1. The molecule has 2 saturated carbocycles. The van der Waals surface area contributed by atoms with Gasteiger partial charge in [-0.3, -0.25) is 4.79 Å². The summed E-state index contributed by atoms with van der Waals surface area (Å²) >= 11 is 0. The second kappa shape index (κ2) is 6.67. The highest BCUT2D eigenvalue weighted by Gasteiger charge is 2.59. The molecule has 1 aromatic rings. The van der Waals surface area contributed by atoms with Crippen molar-refractivity contribution in [1.82, 2.24) is 10.2 Å². The van der Waals surface area contributed by atoms with Crippen molar-refractivity contribution >= 4 is 5.91 Å². The Labute approximate surface area is 147 Å². The van der Waals surface area contributed by atoms with Crippen LogP contribution in [0.1, 0.15) is 50.5 Å². The lowest BCUT2D eigenvalue weighted by Crippen LogP contribution is -2.41. The number of piperidine rings is 1. The van der Waals surface area contributed by atoms with Gasteiger partial charge in [0, 0.05) is 17.5 Å². The van der Waals surface area contributed by atoms with E-state index < -0.39 is 11.6 Å². The number of nitrogens with one attached hydrogen (secondary N) is 1. The third kappa shape index (κ3) is 3.19. The Morgan fingerprint density at radius 1 is 1.16 bits per heavy atom. The Hall–Kier alpha value is -1.49. The van der Waals surface area contributed by atoms with Gasteiger partial charge in [0.15, 0.2) is 0 Å². The number of carbonyl (C=O) groups excluding carboxylic acids is 1. The van der Waals surface area contributed by atoms with E-state index in [1.807, 2.05) is 0 Å². The second-order valence-electron chi connectivity index (χ2n) is 7.97. The Bertz CT molecular complexity index is 631. The third-order valence-electron chi connectivity index (χ3n) is 6.53. The van der Waals surface area contributed by atoms with Crippen LogP contribution in [0.2, 0.25) is 0 Å². The van der Waals surface area contributed by atoms with Crippen LogP contribution >= 0.6 is 0 Å². The molecule has 1 unspecified atom stereocenters. The number of amides is 1. The summed E-state index contributed by atoms with van der Waals surface area (Å²) in [6.45, 7) is 2.00. The van der Waals surface area contributed by atoms with E-state index in [2.05, 4.69) is 5.32 Å². The number of hydrogen-bond donors (Lipinski definition) is 1. The zero-order valence-electron chi connectivity index (χ0n) is 14.6. The highest BCUT2D eigenvalue weighted by molar-refractivity contribution is 5.83. The van der Waals surface area contributed by atoms with Crippen molar-refractivity contribution in [3.05, 3.63) is 35.4 Å². The van der Waals surface area contributed by atoms with Crippen LogP contribution in [0.4, 0.5) is 8.78 Å². The van der Waals surface area contributed by atoms with Crippen molar-refractivity contribution < 1.29 is 13.6 Å². The van der Waals surface area contributed by atoms with Gasteiger partial charge in [-0.25, -0.2) is 8.78 Å². The van der Waals surface area contributed by atoms with Crippen molar-refractivity contribution in [3.8, 4) is 0 Å². The normalized spacial score (nSPS) is 25.3. The van der Waals surface area contributed by atoms with Crippen molar-refractivity contribution in [1.29, 1.82) is 0 Å². The Kier molecular flexibility index (Phi) is 4.52. The molecule has 3 nitrogen and oxygen atoms in total. The van der Waals surface area contributed by atoms with Gasteiger partial charge in [0.2, 0.25) is 5.91 Å². The van der Waals surface area contributed by atoms with Crippen LogP contribution < -0.4 is 5.32 Å². The van der Waals surface area contributed by atoms with E-state index in [4.69, 9.17) is 0 Å². The third-order valence-corrected chi connectivity index (χ3v) is 6.53. The Morgan fingerprint density at radius 3 is 2.44 bits per heavy atom. The first-order valence-corrected chi connectivity index (χ1v) is 9.55. The van der Waals surface area contributed by atoms with Crippen LogP contribution in [0.15, 0.2) is 18.2 Å². The smallest absolute Gasteiger partial charge is 0.226 e. The van der Waals surface area contributed by atoms with Crippen molar-refractivity contribution in [3.63, 3.8) is 0 Å². The number of hydrogen-bond acceptors (Lipinski definition) is 2. The average molecular weight is 348 g/mol. The van der Waals surface area contributed by atoms with E-state index >= 15 is 0 Å². The summed E-state index contributed by atoms with van der Waals surface area (Å²) < 4.78 is 28.3. The Balaban J connectivity index is 1.55. The zero-order valence-corrected chi connectivity index (χ0v) is 14.6. The molecule has 1 N–H and O–H groups in total. The van der Waals surface area contributed by atoms with E-state index in [1.165, 1.54) is 18.2 Å². The quantitative estimate of drug-likeness (QED) is 0.901. The van der Waals surface area contributed by atoms with E-state index in [-0.39, 0.29) is 35.4 Å². The lowest BCUT2D eigenvalue weighted by Gasteiger charge is -2.31. The average Bonchev–Trinajstić information content (AvgIpc) is 3.05. The summed E-state index contributed by atoms with van der Waals surface area (Å²) in [5, 5.41) is 3.35. The van der Waals surface area contributed by atoms with Gasteiger partial charge in [0.05, 0.1) is 6.54 Å². The van der Waals surface area contributed by atoms with Gasteiger partial charge in [0.1, 0.15) is 11.6 Å². The second-order valence-corrected chi connectivity index (χ2v) is 7.97. The van der Waals surface area contributed by atoms with Crippen LogP contribution in [-0.2, 0) is 11.3 Å². The van der Waals surface area contributed by atoms with Crippen molar-refractivity contribution in [2.75, 3.05) is 13.1 Å². The fourth-order valence-electron chi connectivity index (χ4n) is 4.83. The van der Waals surface area contributed by atoms with Crippen molar-refractivity contribution in [2.45, 2.75) is 57.5 Å². The molecule has 1 saturated heterocycles. The SMILES string of the molecule is O=C(C1CC12CCNCC2)N(Cc1c(F)cccc1F)C1CCCC1. The van der Waals surface area contributed by atoms with E-state index in [1.54, 1.807) is 4.90 Å². The molecule has 3 fully saturated rings. The summed E-state index contributed by atoms with van der Waals surface area (Å²) in [5.41, 5.74) is 0.176. The molecule has 1 aliphatic heterocycles. The number of halogens is 2. The van der Waals surface area contributed by atoms with Gasteiger partial charge in [-0.1, -0.05) is 18.9 Å². The molecule has 0 radical (unpaired) electrons. The summed E-state index contributed by atoms with van der Waals surface area (Å²) in [4.78, 5) is 15.1. The highest BCUT2D eigenvalue weighted by atomic mass is 19.1. The standard InChI is InChI=1S/C20H26F2N2O/c21-17-6-3-7-18(22)15(17)13-24(14-4-1-2-5-14)19(25)16-12-20(16)8-10-23-11-9-20/h3,6-7,14,16,23H,1-2,4-5,8-13H2. The molecule has 0 aromatic heterocycles. The molecule has 0 bridgehead atoms. The van der Waals surface area contributed by atoms with E-state index in [9.17, 15) is 13.6 Å². The minimum Gasteiger partial charge on any atom is -0.335 e. The summed E-state index contributed by atoms with van der Waals surface area (Å²) in [5.74, 6) is -0.937. The molecule has 4 rings (SSSR count). The topological polar surface area (TPSA) is 32.3 Å². The van der Waals surface area contributed by atoms with Crippen LogP contribution in [-0.4, -0.2) is 29.9 Å². The van der Waals surface area contributed by atoms with Gasteiger partial charge >= 0.3 is 0 Å². The molecule has 1 heterocycles. The first-order valence-electron chi connectivity index (χ1n) is 9.55. The van der Waals surface area contributed by atoms with Crippen LogP contribution in [0.25, 0.3) is 0 Å². The molecule has 25 heavy (non-hydrogen) atoms. The molecule has 2 aliphatic carbocycles. The van der Waals surface area contributed by atoms with E-state index in [0.29, 0.717) is 0 Å². The maximum atomic E-state index is 14.1. The fourth-order valence-corrected chi connectivity index (χ4v) is 4.83. The van der Waals surface area contributed by atoms with Gasteiger partial charge < -0.3 is 10.2 Å². The number of carbonyl (C=O) groups is 1. The van der Waals surface area contributed by atoms with Gasteiger partial charge in [-0.2, -0.15) is 0 Å². The summed E-state index contributed by atoms with van der Waals surface area (Å²) in [7, 11) is 0. The lowest BCUT2D eigenvalue weighted by atomic mass is 9.91. The molecule has 3 aliphatic rings.